The fourth-order valence-electron chi connectivity index (χ4n) is 2.74. The maximum atomic E-state index is 6.23. The third-order valence-electron chi connectivity index (χ3n) is 4.35. The van der Waals surface area contributed by atoms with Crippen LogP contribution in [-0.4, -0.2) is 26.4 Å². The second-order valence-corrected chi connectivity index (χ2v) is 7.96. The average molecular weight is 485 g/mol. The Balaban J connectivity index is 1.90. The predicted octanol–water partition coefficient (Wildman–Crippen LogP) is 6.38. The molecule has 1 N–H and O–H groups in total. The van der Waals surface area contributed by atoms with Gasteiger partial charge in [0, 0.05) is 34.8 Å². The van der Waals surface area contributed by atoms with E-state index in [1.54, 1.807) is 0 Å². The summed E-state index contributed by atoms with van der Waals surface area (Å²) in [4.78, 5) is 0. The summed E-state index contributed by atoms with van der Waals surface area (Å²) in [5, 5.41) is 4.16. The maximum absolute atomic E-state index is 6.23. The molecule has 6 heteroatoms. The fourth-order valence-corrected chi connectivity index (χ4v) is 3.39. The molecule has 0 saturated heterocycles. The van der Waals surface area contributed by atoms with Crippen molar-refractivity contribution < 1.29 is 14.2 Å². The topological polar surface area (TPSA) is 39.7 Å². The number of rotatable bonds is 14. The van der Waals surface area contributed by atoms with E-state index in [-0.39, 0.29) is 0 Å². The highest BCUT2D eigenvalue weighted by molar-refractivity contribution is 9.10. The van der Waals surface area contributed by atoms with E-state index in [0.717, 1.165) is 60.5 Å². The molecule has 0 atom stereocenters. The van der Waals surface area contributed by atoms with Crippen LogP contribution in [0.4, 0.5) is 0 Å². The molecule has 0 spiro atoms. The largest absolute Gasteiger partial charge is 0.490 e. The summed E-state index contributed by atoms with van der Waals surface area (Å²) >= 11 is 9.89. The van der Waals surface area contributed by atoms with Gasteiger partial charge in [0.15, 0.2) is 11.5 Å². The Labute approximate surface area is 188 Å². The first kappa shape index (κ1) is 24.0. The Bertz CT molecular complexity index is 742. The number of halogens is 2. The number of unbranched alkanes of at least 4 members (excludes halogenated alkanes) is 1. The van der Waals surface area contributed by atoms with Crippen molar-refractivity contribution >= 4 is 27.5 Å². The Kier molecular flexibility index (Phi) is 11.5. The Morgan fingerprint density at radius 1 is 0.966 bits per heavy atom. The lowest BCUT2D eigenvalue weighted by Crippen LogP contribution is -2.17. The van der Waals surface area contributed by atoms with Crippen molar-refractivity contribution in [3.63, 3.8) is 0 Å². The van der Waals surface area contributed by atoms with Gasteiger partial charge in [-0.15, -0.1) is 0 Å². The van der Waals surface area contributed by atoms with E-state index in [2.05, 4.69) is 28.2 Å². The van der Waals surface area contributed by atoms with Gasteiger partial charge in [0.2, 0.25) is 0 Å². The number of hydrogen-bond acceptors (Lipinski definition) is 4. The van der Waals surface area contributed by atoms with E-state index >= 15 is 0 Å². The molecule has 0 bridgehead atoms. The summed E-state index contributed by atoms with van der Waals surface area (Å²) in [5.41, 5.74) is 2.07. The Morgan fingerprint density at radius 2 is 1.72 bits per heavy atom. The highest BCUT2D eigenvalue weighted by atomic mass is 79.9. The molecule has 0 aromatic heterocycles. The summed E-state index contributed by atoms with van der Waals surface area (Å²) in [5.74, 6) is 1.44. The monoisotopic (exact) mass is 483 g/mol. The normalized spacial score (nSPS) is 10.9. The molecule has 0 aliphatic rings. The van der Waals surface area contributed by atoms with Crippen molar-refractivity contribution in [3.05, 3.63) is 57.0 Å². The van der Waals surface area contributed by atoms with Crippen molar-refractivity contribution in [1.82, 2.24) is 5.32 Å². The average Bonchev–Trinajstić information content (AvgIpc) is 2.72. The molecule has 29 heavy (non-hydrogen) atoms. The van der Waals surface area contributed by atoms with Crippen LogP contribution in [-0.2, 0) is 17.9 Å². The quantitative estimate of drug-likeness (QED) is 0.316. The van der Waals surface area contributed by atoms with Crippen LogP contribution in [0.25, 0.3) is 0 Å². The molecule has 2 aromatic rings. The van der Waals surface area contributed by atoms with Crippen molar-refractivity contribution in [2.45, 2.75) is 46.3 Å². The number of nitrogens with one attached hydrogen (secondary N) is 1. The zero-order valence-electron chi connectivity index (χ0n) is 17.3. The van der Waals surface area contributed by atoms with Crippen molar-refractivity contribution in [1.29, 1.82) is 0 Å². The SMILES string of the molecule is CCCCOCCCNCc1cc(OCC)c(OCc2ccccc2Cl)cc1Br. The minimum atomic E-state index is 0.391. The molecule has 0 unspecified atom stereocenters. The van der Waals surface area contributed by atoms with Gasteiger partial charge in [-0.1, -0.05) is 59.1 Å². The first-order valence-corrected chi connectivity index (χ1v) is 11.4. The first-order chi connectivity index (χ1) is 14.2. The van der Waals surface area contributed by atoms with E-state index < -0.39 is 0 Å². The van der Waals surface area contributed by atoms with Gasteiger partial charge in [0.05, 0.1) is 6.61 Å². The van der Waals surface area contributed by atoms with Gasteiger partial charge >= 0.3 is 0 Å². The lowest BCUT2D eigenvalue weighted by Gasteiger charge is -2.16. The predicted molar refractivity (Wildman–Crippen MR) is 123 cm³/mol. The van der Waals surface area contributed by atoms with E-state index in [0.29, 0.717) is 24.0 Å². The third kappa shape index (κ3) is 8.55. The van der Waals surface area contributed by atoms with Crippen molar-refractivity contribution in [2.75, 3.05) is 26.4 Å². The van der Waals surface area contributed by atoms with Gasteiger partial charge in [0.1, 0.15) is 6.61 Å². The summed E-state index contributed by atoms with van der Waals surface area (Å²) in [6.45, 7) is 8.42. The van der Waals surface area contributed by atoms with Crippen LogP contribution >= 0.6 is 27.5 Å². The highest BCUT2D eigenvalue weighted by Gasteiger charge is 2.12. The minimum Gasteiger partial charge on any atom is -0.490 e. The third-order valence-corrected chi connectivity index (χ3v) is 5.46. The second kappa shape index (κ2) is 13.9. The molecule has 4 nitrogen and oxygen atoms in total. The lowest BCUT2D eigenvalue weighted by molar-refractivity contribution is 0.128. The van der Waals surface area contributed by atoms with Crippen LogP contribution in [0.15, 0.2) is 40.9 Å². The van der Waals surface area contributed by atoms with Gasteiger partial charge in [-0.3, -0.25) is 0 Å². The Hall–Kier alpha value is -1.27. The first-order valence-electron chi connectivity index (χ1n) is 10.3. The molecule has 2 aromatic carbocycles. The molecular weight excluding hydrogens is 454 g/mol. The second-order valence-electron chi connectivity index (χ2n) is 6.70. The number of hydrogen-bond donors (Lipinski definition) is 1. The Morgan fingerprint density at radius 3 is 2.48 bits per heavy atom. The molecule has 0 amide bonds. The van der Waals surface area contributed by atoms with Crippen LogP contribution in [0.2, 0.25) is 5.02 Å². The highest BCUT2D eigenvalue weighted by Crippen LogP contribution is 2.34. The maximum Gasteiger partial charge on any atom is 0.162 e. The van der Waals surface area contributed by atoms with Crippen molar-refractivity contribution in [3.8, 4) is 11.5 Å². The lowest BCUT2D eigenvalue weighted by atomic mass is 10.2. The number of ether oxygens (including phenoxy) is 3. The van der Waals surface area contributed by atoms with Crippen LogP contribution in [0.1, 0.15) is 44.2 Å². The number of benzene rings is 2. The van der Waals surface area contributed by atoms with Gasteiger partial charge < -0.3 is 19.5 Å². The molecule has 0 saturated carbocycles. The van der Waals surface area contributed by atoms with Gasteiger partial charge in [-0.05, 0) is 50.1 Å². The zero-order valence-corrected chi connectivity index (χ0v) is 19.7. The van der Waals surface area contributed by atoms with Crippen molar-refractivity contribution in [2.24, 2.45) is 0 Å². The van der Waals surface area contributed by atoms with E-state index in [4.69, 9.17) is 25.8 Å². The summed E-state index contributed by atoms with van der Waals surface area (Å²) < 4.78 is 18.4. The molecule has 0 aliphatic heterocycles. The molecule has 160 valence electrons. The molecule has 2 rings (SSSR count). The van der Waals surface area contributed by atoms with Crippen LogP contribution in [0, 0.1) is 0 Å². The van der Waals surface area contributed by atoms with Crippen LogP contribution in [0.3, 0.4) is 0 Å². The van der Waals surface area contributed by atoms with E-state index in [9.17, 15) is 0 Å². The molecule has 0 fully saturated rings. The van der Waals surface area contributed by atoms with Crippen LogP contribution < -0.4 is 14.8 Å². The summed E-state index contributed by atoms with van der Waals surface area (Å²) in [6, 6.07) is 11.7. The van der Waals surface area contributed by atoms with Gasteiger partial charge in [-0.25, -0.2) is 0 Å². The zero-order chi connectivity index (χ0) is 20.9. The van der Waals surface area contributed by atoms with E-state index in [1.165, 1.54) is 6.42 Å². The molecule has 0 radical (unpaired) electrons. The summed E-state index contributed by atoms with van der Waals surface area (Å²) in [6.07, 6.45) is 3.30. The molecular formula is C23H31BrClNO3. The molecule has 0 aliphatic carbocycles. The van der Waals surface area contributed by atoms with Gasteiger partial charge in [0.25, 0.3) is 0 Å². The van der Waals surface area contributed by atoms with E-state index in [1.807, 2.05) is 43.3 Å². The van der Waals surface area contributed by atoms with Crippen LogP contribution in [0.5, 0.6) is 11.5 Å². The molecule has 0 heterocycles. The minimum absolute atomic E-state index is 0.391. The fraction of sp³-hybridized carbons (Fsp3) is 0.478. The summed E-state index contributed by atoms with van der Waals surface area (Å²) in [7, 11) is 0. The standard InChI is InChI=1S/C23H31BrClNO3/c1-3-5-12-27-13-8-11-26-16-19-14-22(28-4-2)23(15-20(19)24)29-17-18-9-6-7-10-21(18)25/h6-7,9-10,14-15,26H,3-5,8,11-13,16-17H2,1-2H3. The van der Waals surface area contributed by atoms with Gasteiger partial charge in [-0.2, -0.15) is 0 Å². The smallest absolute Gasteiger partial charge is 0.162 e.